The van der Waals surface area contributed by atoms with Crippen LogP contribution in [0.2, 0.25) is 0 Å². The maximum Gasteiger partial charge on any atom is 0.149 e. The van der Waals surface area contributed by atoms with Crippen molar-refractivity contribution in [1.82, 2.24) is 0 Å². The Kier molecular flexibility index (Phi) is 3.25. The highest BCUT2D eigenvalue weighted by Gasteiger charge is 2.11. The largest absolute Gasteiger partial charge is 0.350 e. The number of fused-ring (bicyclic) bond motifs is 1. The van der Waals surface area contributed by atoms with Crippen molar-refractivity contribution in [3.63, 3.8) is 0 Å². The number of nitrogens with zero attached hydrogens (tertiary/aromatic N) is 1. The molecule has 0 bridgehead atoms. The van der Waals surface area contributed by atoms with Gasteiger partial charge in [0.2, 0.25) is 0 Å². The molecule has 21 heavy (non-hydrogen) atoms. The van der Waals surface area contributed by atoms with Crippen LogP contribution in [0.3, 0.4) is 0 Å². The fraction of sp³-hybridized carbons (Fsp3) is 0. The van der Waals surface area contributed by atoms with Crippen molar-refractivity contribution < 1.29 is 8.78 Å². The first-order valence-electron chi connectivity index (χ1n) is 6.33. The van der Waals surface area contributed by atoms with Crippen LogP contribution >= 0.6 is 0 Å². The zero-order chi connectivity index (χ0) is 14.8. The van der Waals surface area contributed by atoms with Gasteiger partial charge in [0.25, 0.3) is 0 Å². The van der Waals surface area contributed by atoms with Crippen LogP contribution in [-0.2, 0) is 0 Å². The van der Waals surface area contributed by atoms with Crippen LogP contribution in [0.4, 0.5) is 20.2 Å². The molecule has 0 spiro atoms. The number of benzene rings is 3. The summed E-state index contributed by atoms with van der Waals surface area (Å²) >= 11 is 0. The van der Waals surface area contributed by atoms with Gasteiger partial charge in [-0.1, -0.05) is 30.3 Å². The number of nitrogens with one attached hydrogen (secondary N) is 1. The molecule has 0 atom stereocenters. The Bertz CT molecular complexity index is 846. The Balaban J connectivity index is 2.17. The van der Waals surface area contributed by atoms with Crippen molar-refractivity contribution in [2.24, 2.45) is 0 Å². The van der Waals surface area contributed by atoms with Crippen LogP contribution in [0.15, 0.2) is 54.6 Å². The fourth-order valence-electron chi connectivity index (χ4n) is 2.26. The summed E-state index contributed by atoms with van der Waals surface area (Å²) in [4.78, 5) is 0. The molecule has 0 aliphatic rings. The molecule has 0 aromatic heterocycles. The lowest BCUT2D eigenvalue weighted by Gasteiger charge is -2.12. The number of hydrogen-bond acceptors (Lipinski definition) is 2. The highest BCUT2D eigenvalue weighted by atomic mass is 19.1. The van der Waals surface area contributed by atoms with Crippen LogP contribution in [-0.4, -0.2) is 0 Å². The predicted octanol–water partition coefficient (Wildman–Crippen LogP) is 4.73. The Morgan fingerprint density at radius 1 is 0.810 bits per heavy atom. The quantitative estimate of drug-likeness (QED) is 0.736. The van der Waals surface area contributed by atoms with Crippen LogP contribution in [0.25, 0.3) is 10.8 Å². The van der Waals surface area contributed by atoms with E-state index in [-0.39, 0.29) is 5.69 Å². The van der Waals surface area contributed by atoms with Crippen LogP contribution in [0.1, 0.15) is 5.56 Å². The number of nitriles is 1. The molecule has 0 radical (unpaired) electrons. The lowest BCUT2D eigenvalue weighted by Crippen LogP contribution is -1.98. The highest BCUT2D eigenvalue weighted by Crippen LogP contribution is 2.30. The molecule has 0 fully saturated rings. The summed E-state index contributed by atoms with van der Waals surface area (Å²) in [6, 6.07) is 16.3. The van der Waals surface area contributed by atoms with Gasteiger partial charge in [-0.3, -0.25) is 0 Å². The van der Waals surface area contributed by atoms with E-state index in [2.05, 4.69) is 11.4 Å². The summed E-state index contributed by atoms with van der Waals surface area (Å²) in [7, 11) is 0. The third-order valence-electron chi connectivity index (χ3n) is 3.27. The SMILES string of the molecule is N#Cc1ccc(Nc2c(F)cccc2F)c2ccccc12. The van der Waals surface area contributed by atoms with E-state index < -0.39 is 11.6 Å². The van der Waals surface area contributed by atoms with Crippen molar-refractivity contribution in [3.05, 3.63) is 71.8 Å². The Morgan fingerprint density at radius 3 is 2.14 bits per heavy atom. The van der Waals surface area contributed by atoms with E-state index in [1.807, 2.05) is 12.1 Å². The summed E-state index contributed by atoms with van der Waals surface area (Å²) in [5, 5.41) is 13.4. The van der Waals surface area contributed by atoms with Crippen molar-refractivity contribution in [3.8, 4) is 6.07 Å². The fourth-order valence-corrected chi connectivity index (χ4v) is 2.26. The van der Waals surface area contributed by atoms with Crippen LogP contribution < -0.4 is 5.32 Å². The van der Waals surface area contributed by atoms with Gasteiger partial charge in [-0.05, 0) is 24.3 Å². The Hall–Kier alpha value is -2.93. The molecule has 3 rings (SSSR count). The second-order valence-corrected chi connectivity index (χ2v) is 4.54. The lowest BCUT2D eigenvalue weighted by atomic mass is 10.0. The van der Waals surface area contributed by atoms with E-state index in [4.69, 9.17) is 5.26 Å². The number of anilines is 2. The smallest absolute Gasteiger partial charge is 0.149 e. The first kappa shape index (κ1) is 13.1. The van der Waals surface area contributed by atoms with E-state index in [0.29, 0.717) is 11.3 Å². The predicted molar refractivity (Wildman–Crippen MR) is 78.3 cm³/mol. The van der Waals surface area contributed by atoms with Gasteiger partial charge in [0.15, 0.2) is 0 Å². The Morgan fingerprint density at radius 2 is 1.48 bits per heavy atom. The second kappa shape index (κ2) is 5.22. The normalized spacial score (nSPS) is 10.3. The molecular weight excluding hydrogens is 270 g/mol. The molecule has 4 heteroatoms. The lowest BCUT2D eigenvalue weighted by molar-refractivity contribution is 0.591. The monoisotopic (exact) mass is 280 g/mol. The molecule has 2 nitrogen and oxygen atoms in total. The minimum Gasteiger partial charge on any atom is -0.350 e. The number of rotatable bonds is 2. The van der Waals surface area contributed by atoms with Gasteiger partial charge in [-0.25, -0.2) is 8.78 Å². The first-order chi connectivity index (χ1) is 10.2. The highest BCUT2D eigenvalue weighted by molar-refractivity contribution is 5.98. The third-order valence-corrected chi connectivity index (χ3v) is 3.27. The van der Waals surface area contributed by atoms with Crippen molar-refractivity contribution in [2.75, 3.05) is 5.32 Å². The van der Waals surface area contributed by atoms with Crippen LogP contribution in [0.5, 0.6) is 0 Å². The molecule has 3 aromatic rings. The Labute approximate surface area is 120 Å². The van der Waals surface area contributed by atoms with E-state index in [0.717, 1.165) is 10.8 Å². The molecule has 0 unspecified atom stereocenters. The summed E-state index contributed by atoms with van der Waals surface area (Å²) in [5.74, 6) is -1.33. The second-order valence-electron chi connectivity index (χ2n) is 4.54. The number of para-hydroxylation sites is 1. The third kappa shape index (κ3) is 2.30. The molecule has 0 amide bonds. The first-order valence-corrected chi connectivity index (χ1v) is 6.33. The van der Waals surface area contributed by atoms with Crippen molar-refractivity contribution in [2.45, 2.75) is 0 Å². The van der Waals surface area contributed by atoms with Gasteiger partial charge in [-0.2, -0.15) is 5.26 Å². The van der Waals surface area contributed by atoms with Gasteiger partial charge < -0.3 is 5.32 Å². The maximum atomic E-state index is 13.7. The molecule has 0 aliphatic carbocycles. The van der Waals surface area contributed by atoms with Crippen molar-refractivity contribution in [1.29, 1.82) is 5.26 Å². The van der Waals surface area contributed by atoms with E-state index in [1.165, 1.54) is 18.2 Å². The molecule has 102 valence electrons. The number of hydrogen-bond donors (Lipinski definition) is 1. The molecule has 0 saturated carbocycles. The number of halogens is 2. The van der Waals surface area contributed by atoms with Gasteiger partial charge in [-0.15, -0.1) is 0 Å². The van der Waals surface area contributed by atoms with E-state index in [1.54, 1.807) is 24.3 Å². The molecule has 0 saturated heterocycles. The summed E-state index contributed by atoms with van der Waals surface area (Å²) in [6.45, 7) is 0. The van der Waals surface area contributed by atoms with Gasteiger partial charge >= 0.3 is 0 Å². The van der Waals surface area contributed by atoms with Gasteiger partial charge in [0.1, 0.15) is 17.3 Å². The standard InChI is InChI=1S/C17H10F2N2/c18-14-6-3-7-15(19)17(14)21-16-9-8-11(10-20)12-4-1-2-5-13(12)16/h1-9,21H. The summed E-state index contributed by atoms with van der Waals surface area (Å²) < 4.78 is 27.5. The summed E-state index contributed by atoms with van der Waals surface area (Å²) in [5.41, 5.74) is 0.867. The zero-order valence-electron chi connectivity index (χ0n) is 10.9. The van der Waals surface area contributed by atoms with E-state index >= 15 is 0 Å². The maximum absolute atomic E-state index is 13.7. The molecule has 3 aromatic carbocycles. The van der Waals surface area contributed by atoms with E-state index in [9.17, 15) is 8.78 Å². The molecule has 0 heterocycles. The van der Waals surface area contributed by atoms with Crippen LogP contribution in [0, 0.1) is 23.0 Å². The molecular formula is C17H10F2N2. The minimum atomic E-state index is -0.663. The minimum absolute atomic E-state index is 0.202. The average molecular weight is 280 g/mol. The summed E-state index contributed by atoms with van der Waals surface area (Å²) in [6.07, 6.45) is 0. The van der Waals surface area contributed by atoms with Gasteiger partial charge in [0.05, 0.1) is 11.6 Å². The average Bonchev–Trinajstić information content (AvgIpc) is 2.51. The molecule has 0 aliphatic heterocycles. The topological polar surface area (TPSA) is 35.8 Å². The van der Waals surface area contributed by atoms with Gasteiger partial charge in [0, 0.05) is 16.5 Å². The molecule has 1 N–H and O–H groups in total. The zero-order valence-corrected chi connectivity index (χ0v) is 10.9. The van der Waals surface area contributed by atoms with Crippen molar-refractivity contribution >= 4 is 22.1 Å².